The lowest BCUT2D eigenvalue weighted by Gasteiger charge is -2.08. The lowest BCUT2D eigenvalue weighted by atomic mass is 10.2. The minimum absolute atomic E-state index is 0.105. The van der Waals surface area contributed by atoms with Crippen molar-refractivity contribution in [2.24, 2.45) is 0 Å². The number of sulfonamides is 1. The van der Waals surface area contributed by atoms with Gasteiger partial charge >= 0.3 is 5.97 Å². The molecule has 0 saturated heterocycles. The maximum atomic E-state index is 12.0. The summed E-state index contributed by atoms with van der Waals surface area (Å²) in [6.45, 7) is 2.10. The van der Waals surface area contributed by atoms with Crippen LogP contribution in [-0.4, -0.2) is 28.0 Å². The molecular formula is C17H19NO5S. The number of nitrogens with one attached hydrogen (secondary N) is 1. The predicted molar refractivity (Wildman–Crippen MR) is 89.4 cm³/mol. The highest BCUT2D eigenvalue weighted by atomic mass is 32.2. The molecule has 128 valence electrons. The van der Waals surface area contributed by atoms with Gasteiger partial charge in [0, 0.05) is 6.54 Å². The van der Waals surface area contributed by atoms with E-state index in [1.807, 2.05) is 12.1 Å². The largest absolute Gasteiger partial charge is 0.497 e. The van der Waals surface area contributed by atoms with E-state index in [-0.39, 0.29) is 17.1 Å². The van der Waals surface area contributed by atoms with Crippen molar-refractivity contribution in [2.75, 3.05) is 13.7 Å². The minimum Gasteiger partial charge on any atom is -0.497 e. The van der Waals surface area contributed by atoms with E-state index in [9.17, 15) is 13.2 Å². The number of esters is 1. The van der Waals surface area contributed by atoms with Crippen molar-refractivity contribution >= 4 is 16.0 Å². The van der Waals surface area contributed by atoms with Crippen LogP contribution < -0.4 is 9.46 Å². The maximum Gasteiger partial charge on any atom is 0.338 e. The highest BCUT2D eigenvalue weighted by Crippen LogP contribution is 2.15. The Morgan fingerprint density at radius 2 is 1.83 bits per heavy atom. The van der Waals surface area contributed by atoms with Crippen LogP contribution in [0.3, 0.4) is 0 Å². The lowest BCUT2D eigenvalue weighted by molar-refractivity contribution is 0.0472. The van der Waals surface area contributed by atoms with Gasteiger partial charge in [-0.15, -0.1) is 0 Å². The van der Waals surface area contributed by atoms with E-state index in [2.05, 4.69) is 4.72 Å². The van der Waals surface area contributed by atoms with Gasteiger partial charge in [0.05, 0.1) is 17.6 Å². The number of methoxy groups -OCH3 is 1. The lowest BCUT2D eigenvalue weighted by Crippen LogP contribution is -2.23. The molecule has 0 aliphatic heterocycles. The molecule has 24 heavy (non-hydrogen) atoms. The Hall–Kier alpha value is -2.38. The monoisotopic (exact) mass is 349 g/mol. The van der Waals surface area contributed by atoms with E-state index in [4.69, 9.17) is 9.47 Å². The standard InChI is InChI=1S/C17H19NO5S/c1-3-18-24(20,21)16-9-7-14(8-10-16)17(19)23-12-13-5-4-6-15(11-13)22-2/h4-11,18H,3,12H2,1-2H3. The molecule has 0 atom stereocenters. The summed E-state index contributed by atoms with van der Waals surface area (Å²) in [5.74, 6) is 0.159. The molecule has 2 aromatic carbocycles. The molecule has 0 radical (unpaired) electrons. The van der Waals surface area contributed by atoms with Crippen molar-refractivity contribution in [3.63, 3.8) is 0 Å². The molecule has 0 aliphatic carbocycles. The van der Waals surface area contributed by atoms with Gasteiger partial charge in [-0.05, 0) is 42.0 Å². The summed E-state index contributed by atoms with van der Waals surface area (Å²) in [7, 11) is -1.97. The van der Waals surface area contributed by atoms with Crippen molar-refractivity contribution < 1.29 is 22.7 Å². The van der Waals surface area contributed by atoms with Crippen LogP contribution in [-0.2, 0) is 21.4 Å². The Morgan fingerprint density at radius 3 is 2.46 bits per heavy atom. The van der Waals surface area contributed by atoms with Gasteiger partial charge in [-0.3, -0.25) is 0 Å². The first-order valence-electron chi connectivity index (χ1n) is 7.36. The topological polar surface area (TPSA) is 81.7 Å². The van der Waals surface area contributed by atoms with Crippen molar-refractivity contribution in [1.82, 2.24) is 4.72 Å². The molecule has 0 aliphatic rings. The summed E-state index contributed by atoms with van der Waals surface area (Å²) in [6.07, 6.45) is 0. The molecule has 7 heteroatoms. The zero-order valence-electron chi connectivity index (χ0n) is 13.5. The van der Waals surface area contributed by atoms with Crippen LogP contribution in [0.5, 0.6) is 5.75 Å². The first-order chi connectivity index (χ1) is 11.5. The van der Waals surface area contributed by atoms with Gasteiger partial charge in [0.25, 0.3) is 0 Å². The van der Waals surface area contributed by atoms with Crippen LogP contribution in [0.4, 0.5) is 0 Å². The van der Waals surface area contributed by atoms with Crippen LogP contribution in [0.15, 0.2) is 53.4 Å². The molecule has 2 rings (SSSR count). The molecule has 0 bridgehead atoms. The SMILES string of the molecule is CCNS(=O)(=O)c1ccc(C(=O)OCc2cccc(OC)c2)cc1. The highest BCUT2D eigenvalue weighted by molar-refractivity contribution is 7.89. The fourth-order valence-electron chi connectivity index (χ4n) is 2.04. The number of ether oxygens (including phenoxy) is 2. The summed E-state index contributed by atoms with van der Waals surface area (Å²) >= 11 is 0. The van der Waals surface area contributed by atoms with Crippen molar-refractivity contribution in [3.05, 3.63) is 59.7 Å². The molecule has 0 saturated carbocycles. The minimum atomic E-state index is -3.53. The van der Waals surface area contributed by atoms with E-state index < -0.39 is 16.0 Å². The Bertz CT molecular complexity index is 800. The first-order valence-corrected chi connectivity index (χ1v) is 8.84. The van der Waals surface area contributed by atoms with Gasteiger partial charge in [0.2, 0.25) is 10.0 Å². The average molecular weight is 349 g/mol. The normalized spacial score (nSPS) is 11.1. The molecule has 0 amide bonds. The zero-order valence-corrected chi connectivity index (χ0v) is 14.3. The van der Waals surface area contributed by atoms with Crippen LogP contribution >= 0.6 is 0 Å². The molecule has 0 aromatic heterocycles. The van der Waals surface area contributed by atoms with E-state index in [1.54, 1.807) is 26.2 Å². The van der Waals surface area contributed by atoms with Gasteiger partial charge in [-0.25, -0.2) is 17.9 Å². The number of hydrogen-bond acceptors (Lipinski definition) is 5. The number of benzene rings is 2. The second-order valence-corrected chi connectivity index (χ2v) is 6.72. The molecule has 1 N–H and O–H groups in total. The van der Waals surface area contributed by atoms with Gasteiger partial charge in [0.15, 0.2) is 0 Å². The fraction of sp³-hybridized carbons (Fsp3) is 0.235. The predicted octanol–water partition coefficient (Wildman–Crippen LogP) is 2.35. The van der Waals surface area contributed by atoms with Crippen LogP contribution in [0.1, 0.15) is 22.8 Å². The van der Waals surface area contributed by atoms with E-state index in [0.717, 1.165) is 5.56 Å². The van der Waals surface area contributed by atoms with E-state index >= 15 is 0 Å². The number of carbonyl (C=O) groups excluding carboxylic acids is 1. The quantitative estimate of drug-likeness (QED) is 0.776. The maximum absolute atomic E-state index is 12.0. The molecule has 0 heterocycles. The summed E-state index contributed by atoms with van der Waals surface area (Å²) in [6, 6.07) is 12.8. The molecule has 6 nitrogen and oxygen atoms in total. The highest BCUT2D eigenvalue weighted by Gasteiger charge is 2.14. The third kappa shape index (κ3) is 4.56. The smallest absolute Gasteiger partial charge is 0.338 e. The summed E-state index contributed by atoms with van der Waals surface area (Å²) in [4.78, 5) is 12.1. The van der Waals surface area contributed by atoms with Gasteiger partial charge < -0.3 is 9.47 Å². The van der Waals surface area contributed by atoms with Crippen molar-refractivity contribution in [2.45, 2.75) is 18.4 Å². The van der Waals surface area contributed by atoms with Gasteiger partial charge in [-0.1, -0.05) is 19.1 Å². The van der Waals surface area contributed by atoms with Crippen molar-refractivity contribution in [1.29, 1.82) is 0 Å². The Morgan fingerprint density at radius 1 is 1.12 bits per heavy atom. The van der Waals surface area contributed by atoms with Gasteiger partial charge in [-0.2, -0.15) is 0 Å². The Balaban J connectivity index is 2.02. The second-order valence-electron chi connectivity index (χ2n) is 4.95. The zero-order chi connectivity index (χ0) is 17.6. The van der Waals surface area contributed by atoms with E-state index in [1.165, 1.54) is 24.3 Å². The van der Waals surface area contributed by atoms with E-state index in [0.29, 0.717) is 12.3 Å². The van der Waals surface area contributed by atoms with Gasteiger partial charge in [0.1, 0.15) is 12.4 Å². The molecule has 0 spiro atoms. The van der Waals surface area contributed by atoms with Crippen LogP contribution in [0.2, 0.25) is 0 Å². The third-order valence-electron chi connectivity index (χ3n) is 3.24. The second kappa shape index (κ2) is 7.94. The Kier molecular flexibility index (Phi) is 5.94. The number of carbonyl (C=O) groups is 1. The first kappa shape index (κ1) is 18.0. The average Bonchev–Trinajstić information content (AvgIpc) is 2.60. The van der Waals surface area contributed by atoms with Crippen LogP contribution in [0.25, 0.3) is 0 Å². The van der Waals surface area contributed by atoms with Crippen LogP contribution in [0, 0.1) is 0 Å². The Labute approximate surface area is 141 Å². The molecule has 0 fully saturated rings. The summed E-state index contributed by atoms with van der Waals surface area (Å²) in [5.41, 5.74) is 1.09. The number of rotatable bonds is 7. The van der Waals surface area contributed by atoms with Crippen molar-refractivity contribution in [3.8, 4) is 5.75 Å². The summed E-state index contributed by atoms with van der Waals surface area (Å²) in [5, 5.41) is 0. The number of hydrogen-bond donors (Lipinski definition) is 1. The fourth-order valence-corrected chi connectivity index (χ4v) is 3.08. The molecular weight excluding hydrogens is 330 g/mol. The molecule has 0 unspecified atom stereocenters. The molecule has 2 aromatic rings. The third-order valence-corrected chi connectivity index (χ3v) is 4.80. The summed E-state index contributed by atoms with van der Waals surface area (Å²) < 4.78 is 36.4.